The Morgan fingerprint density at radius 3 is 2.60 bits per heavy atom. The standard InChI is InChI=1S/C12H16N2S/c1-3-14-10(2)11-4-6-12(7-5-11)15-9-8-13/h4-7,10,14H,3,9H2,1-2H3. The molecule has 0 radical (unpaired) electrons. The molecule has 15 heavy (non-hydrogen) atoms. The summed E-state index contributed by atoms with van der Waals surface area (Å²) in [7, 11) is 0. The Morgan fingerprint density at radius 2 is 2.07 bits per heavy atom. The number of rotatable bonds is 5. The van der Waals surface area contributed by atoms with E-state index in [2.05, 4.69) is 49.5 Å². The molecule has 0 saturated carbocycles. The molecule has 0 amide bonds. The van der Waals surface area contributed by atoms with Crippen molar-refractivity contribution >= 4 is 11.8 Å². The normalized spacial score (nSPS) is 12.1. The minimum absolute atomic E-state index is 0.394. The van der Waals surface area contributed by atoms with Gasteiger partial charge in [-0.3, -0.25) is 0 Å². The van der Waals surface area contributed by atoms with E-state index in [1.54, 1.807) is 11.8 Å². The van der Waals surface area contributed by atoms with E-state index in [1.165, 1.54) is 5.56 Å². The summed E-state index contributed by atoms with van der Waals surface area (Å²) in [5, 5.41) is 11.8. The van der Waals surface area contributed by atoms with Crippen molar-refractivity contribution in [3.63, 3.8) is 0 Å². The number of nitrogens with one attached hydrogen (secondary N) is 1. The van der Waals surface area contributed by atoms with E-state index >= 15 is 0 Å². The first-order chi connectivity index (χ1) is 7.27. The molecule has 0 aliphatic heterocycles. The summed E-state index contributed by atoms with van der Waals surface area (Å²) in [6, 6.07) is 10.9. The first-order valence-corrected chi connectivity index (χ1v) is 6.09. The Balaban J connectivity index is 2.60. The van der Waals surface area contributed by atoms with Crippen LogP contribution in [0.5, 0.6) is 0 Å². The molecule has 3 heteroatoms. The molecular weight excluding hydrogens is 204 g/mol. The van der Waals surface area contributed by atoms with Crippen molar-refractivity contribution in [2.45, 2.75) is 24.8 Å². The SMILES string of the molecule is CCNC(C)c1ccc(SCC#N)cc1. The highest BCUT2D eigenvalue weighted by Crippen LogP contribution is 2.20. The number of benzene rings is 1. The lowest BCUT2D eigenvalue weighted by Crippen LogP contribution is -2.17. The van der Waals surface area contributed by atoms with Crippen molar-refractivity contribution in [1.29, 1.82) is 5.26 Å². The first kappa shape index (κ1) is 12.1. The topological polar surface area (TPSA) is 35.8 Å². The van der Waals surface area contributed by atoms with Gasteiger partial charge in [0.05, 0.1) is 11.8 Å². The summed E-state index contributed by atoms with van der Waals surface area (Å²) in [6.45, 7) is 5.24. The molecule has 80 valence electrons. The molecule has 1 rings (SSSR count). The van der Waals surface area contributed by atoms with Gasteiger partial charge in [0, 0.05) is 10.9 Å². The zero-order valence-electron chi connectivity index (χ0n) is 9.16. The van der Waals surface area contributed by atoms with Crippen LogP contribution < -0.4 is 5.32 Å². The fourth-order valence-electron chi connectivity index (χ4n) is 1.39. The van der Waals surface area contributed by atoms with Crippen molar-refractivity contribution in [1.82, 2.24) is 5.32 Å². The van der Waals surface area contributed by atoms with Gasteiger partial charge >= 0.3 is 0 Å². The van der Waals surface area contributed by atoms with Crippen LogP contribution in [0.3, 0.4) is 0 Å². The van der Waals surface area contributed by atoms with Crippen LogP contribution in [-0.4, -0.2) is 12.3 Å². The van der Waals surface area contributed by atoms with Crippen LogP contribution in [0.4, 0.5) is 0 Å². The highest BCUT2D eigenvalue weighted by Gasteiger charge is 2.02. The molecule has 1 N–H and O–H groups in total. The molecule has 0 saturated heterocycles. The van der Waals surface area contributed by atoms with Crippen LogP contribution in [0.15, 0.2) is 29.2 Å². The maximum absolute atomic E-state index is 8.46. The van der Waals surface area contributed by atoms with E-state index in [-0.39, 0.29) is 0 Å². The van der Waals surface area contributed by atoms with Gasteiger partial charge in [0.25, 0.3) is 0 Å². The summed E-state index contributed by atoms with van der Waals surface area (Å²) in [5.74, 6) is 0.516. The first-order valence-electron chi connectivity index (χ1n) is 5.11. The molecule has 0 heterocycles. The van der Waals surface area contributed by atoms with Crippen LogP contribution in [0, 0.1) is 11.3 Å². The molecule has 1 atom stereocenters. The zero-order valence-corrected chi connectivity index (χ0v) is 9.97. The van der Waals surface area contributed by atoms with Gasteiger partial charge in [-0.2, -0.15) is 5.26 Å². The van der Waals surface area contributed by atoms with Gasteiger partial charge in [-0.15, -0.1) is 11.8 Å². The number of nitriles is 1. The van der Waals surface area contributed by atoms with Crippen molar-refractivity contribution in [2.24, 2.45) is 0 Å². The molecule has 0 bridgehead atoms. The molecule has 1 aromatic rings. The van der Waals surface area contributed by atoms with Gasteiger partial charge in [-0.1, -0.05) is 19.1 Å². The third-order valence-electron chi connectivity index (χ3n) is 2.19. The lowest BCUT2D eigenvalue weighted by molar-refractivity contribution is 0.598. The number of nitrogens with zero attached hydrogens (tertiary/aromatic N) is 1. The van der Waals surface area contributed by atoms with Crippen LogP contribution in [0.2, 0.25) is 0 Å². The third kappa shape index (κ3) is 3.94. The highest BCUT2D eigenvalue weighted by atomic mass is 32.2. The van der Waals surface area contributed by atoms with Crippen molar-refractivity contribution < 1.29 is 0 Å². The summed E-state index contributed by atoms with van der Waals surface area (Å²) >= 11 is 1.57. The lowest BCUT2D eigenvalue weighted by Gasteiger charge is -2.12. The second kappa shape index (κ2) is 6.49. The quantitative estimate of drug-likeness (QED) is 0.775. The summed E-state index contributed by atoms with van der Waals surface area (Å²) < 4.78 is 0. The highest BCUT2D eigenvalue weighted by molar-refractivity contribution is 7.99. The smallest absolute Gasteiger partial charge is 0.0855 e. The van der Waals surface area contributed by atoms with Crippen molar-refractivity contribution in [2.75, 3.05) is 12.3 Å². The van der Waals surface area contributed by atoms with Gasteiger partial charge in [-0.25, -0.2) is 0 Å². The maximum atomic E-state index is 8.46. The summed E-state index contributed by atoms with van der Waals surface area (Å²) in [4.78, 5) is 1.16. The summed E-state index contributed by atoms with van der Waals surface area (Å²) in [6.07, 6.45) is 0. The number of hydrogen-bond donors (Lipinski definition) is 1. The second-order valence-corrected chi connectivity index (χ2v) is 4.34. The van der Waals surface area contributed by atoms with Crippen LogP contribution in [0.1, 0.15) is 25.5 Å². The molecule has 0 fully saturated rings. The Morgan fingerprint density at radius 1 is 1.40 bits per heavy atom. The van der Waals surface area contributed by atoms with Gasteiger partial charge in [0.2, 0.25) is 0 Å². The molecule has 1 aromatic carbocycles. The molecule has 0 aromatic heterocycles. The minimum Gasteiger partial charge on any atom is -0.310 e. The van der Waals surface area contributed by atoms with Gasteiger partial charge < -0.3 is 5.32 Å². The molecule has 0 aliphatic rings. The third-order valence-corrected chi connectivity index (χ3v) is 3.07. The van der Waals surface area contributed by atoms with Crippen molar-refractivity contribution in [3.8, 4) is 6.07 Å². The van der Waals surface area contributed by atoms with Gasteiger partial charge in [-0.05, 0) is 31.2 Å². The fraction of sp³-hybridized carbons (Fsp3) is 0.417. The van der Waals surface area contributed by atoms with E-state index in [0.29, 0.717) is 11.8 Å². The summed E-state index contributed by atoms with van der Waals surface area (Å²) in [5.41, 5.74) is 1.29. The lowest BCUT2D eigenvalue weighted by atomic mass is 10.1. The zero-order chi connectivity index (χ0) is 11.1. The Bertz CT molecular complexity index is 326. The molecule has 2 nitrogen and oxygen atoms in total. The average molecular weight is 220 g/mol. The Kier molecular flexibility index (Phi) is 5.23. The molecular formula is C12H16N2S. The molecule has 1 unspecified atom stereocenters. The second-order valence-electron chi connectivity index (χ2n) is 3.30. The van der Waals surface area contributed by atoms with Gasteiger partial charge in [0.15, 0.2) is 0 Å². The largest absolute Gasteiger partial charge is 0.310 e. The monoisotopic (exact) mass is 220 g/mol. The van der Waals surface area contributed by atoms with Gasteiger partial charge in [0.1, 0.15) is 0 Å². The van der Waals surface area contributed by atoms with E-state index in [4.69, 9.17) is 5.26 Å². The molecule has 0 spiro atoms. The average Bonchev–Trinajstić information content (AvgIpc) is 2.27. The van der Waals surface area contributed by atoms with E-state index in [1.807, 2.05) is 0 Å². The number of thioether (sulfide) groups is 1. The predicted molar refractivity (Wildman–Crippen MR) is 64.9 cm³/mol. The Hall–Kier alpha value is -0.980. The number of hydrogen-bond acceptors (Lipinski definition) is 3. The predicted octanol–water partition coefficient (Wildman–Crippen LogP) is 2.97. The van der Waals surface area contributed by atoms with Crippen LogP contribution in [0.25, 0.3) is 0 Å². The van der Waals surface area contributed by atoms with Crippen LogP contribution in [-0.2, 0) is 0 Å². The fourth-order valence-corrected chi connectivity index (χ4v) is 1.95. The van der Waals surface area contributed by atoms with E-state index in [9.17, 15) is 0 Å². The van der Waals surface area contributed by atoms with Crippen LogP contribution >= 0.6 is 11.8 Å². The molecule has 0 aliphatic carbocycles. The minimum atomic E-state index is 0.394. The Labute approximate surface area is 95.7 Å². The van der Waals surface area contributed by atoms with E-state index in [0.717, 1.165) is 11.4 Å². The van der Waals surface area contributed by atoms with E-state index < -0.39 is 0 Å². The maximum Gasteiger partial charge on any atom is 0.0855 e. The van der Waals surface area contributed by atoms with Crippen molar-refractivity contribution in [3.05, 3.63) is 29.8 Å².